The number of aromatic nitrogens is 2. The Labute approximate surface area is 129 Å². The van der Waals surface area contributed by atoms with Gasteiger partial charge >= 0.3 is 0 Å². The van der Waals surface area contributed by atoms with E-state index in [-0.39, 0.29) is 0 Å². The van der Waals surface area contributed by atoms with Gasteiger partial charge in [0.05, 0.1) is 23.0 Å². The number of aryl methyl sites for hydroxylation is 2. The summed E-state index contributed by atoms with van der Waals surface area (Å²) < 4.78 is 1.98. The fraction of sp³-hybridized carbons (Fsp3) is 0.400. The van der Waals surface area contributed by atoms with Gasteiger partial charge < -0.3 is 5.32 Å². The predicted octanol–water partition coefficient (Wildman–Crippen LogP) is 4.45. The van der Waals surface area contributed by atoms with E-state index in [1.165, 1.54) is 4.90 Å². The van der Waals surface area contributed by atoms with Crippen LogP contribution in [0.25, 0.3) is 0 Å². The summed E-state index contributed by atoms with van der Waals surface area (Å²) in [6.07, 6.45) is 2.94. The highest BCUT2D eigenvalue weighted by molar-refractivity contribution is 7.98. The van der Waals surface area contributed by atoms with Crippen LogP contribution in [-0.4, -0.2) is 16.0 Å². The number of hydrogen-bond acceptors (Lipinski definition) is 3. The van der Waals surface area contributed by atoms with E-state index in [1.807, 2.05) is 4.68 Å². The summed E-state index contributed by atoms with van der Waals surface area (Å²) in [5.41, 5.74) is 3.14. The van der Waals surface area contributed by atoms with Gasteiger partial charge in [0, 0.05) is 17.1 Å². The second-order valence-corrected chi connectivity index (χ2v) is 5.72. The van der Waals surface area contributed by atoms with Crippen LogP contribution in [0.4, 0.5) is 5.69 Å². The minimum atomic E-state index is 0.692. The van der Waals surface area contributed by atoms with E-state index in [2.05, 4.69) is 54.8 Å². The van der Waals surface area contributed by atoms with Crippen LogP contribution in [0.2, 0.25) is 5.02 Å². The summed E-state index contributed by atoms with van der Waals surface area (Å²) in [7, 11) is 0. The fourth-order valence-electron chi connectivity index (χ4n) is 2.10. The molecule has 0 atom stereocenters. The monoisotopic (exact) mass is 309 g/mol. The van der Waals surface area contributed by atoms with Crippen LogP contribution in [0.1, 0.15) is 25.2 Å². The van der Waals surface area contributed by atoms with Gasteiger partial charge in [0.2, 0.25) is 0 Å². The second kappa shape index (κ2) is 7.04. The Bertz CT molecular complexity index is 580. The zero-order valence-corrected chi connectivity index (χ0v) is 13.7. The van der Waals surface area contributed by atoms with Crippen LogP contribution < -0.4 is 5.32 Å². The zero-order chi connectivity index (χ0) is 14.5. The number of thioether (sulfide) groups is 1. The molecule has 0 aliphatic rings. The zero-order valence-electron chi connectivity index (χ0n) is 12.1. The van der Waals surface area contributed by atoms with E-state index in [0.717, 1.165) is 35.1 Å². The molecule has 2 rings (SSSR count). The number of hydrogen-bond donors (Lipinski definition) is 1. The van der Waals surface area contributed by atoms with Crippen molar-refractivity contribution in [1.29, 1.82) is 0 Å². The molecule has 1 heterocycles. The molecule has 1 N–H and O–H groups in total. The highest BCUT2D eigenvalue weighted by Crippen LogP contribution is 2.24. The van der Waals surface area contributed by atoms with Crippen LogP contribution in [0.5, 0.6) is 0 Å². The van der Waals surface area contributed by atoms with Gasteiger partial charge in [-0.15, -0.1) is 11.8 Å². The molecule has 0 aliphatic carbocycles. The molecule has 0 aliphatic heterocycles. The Balaban J connectivity index is 2.15. The topological polar surface area (TPSA) is 29.9 Å². The third-order valence-corrected chi connectivity index (χ3v) is 4.39. The average molecular weight is 310 g/mol. The van der Waals surface area contributed by atoms with Crippen molar-refractivity contribution in [2.24, 2.45) is 0 Å². The van der Waals surface area contributed by atoms with Gasteiger partial charge in [-0.25, -0.2) is 0 Å². The highest BCUT2D eigenvalue weighted by Gasteiger charge is 2.13. The lowest BCUT2D eigenvalue weighted by Crippen LogP contribution is -2.08. The maximum atomic E-state index is 6.41. The molecule has 1 aromatic carbocycles. The number of halogens is 1. The van der Waals surface area contributed by atoms with Gasteiger partial charge in [0.25, 0.3) is 0 Å². The molecule has 1 aromatic heterocycles. The normalized spacial score (nSPS) is 10.8. The smallest absolute Gasteiger partial charge is 0.0868 e. The molecular formula is C15H20ClN3S. The highest BCUT2D eigenvalue weighted by atomic mass is 35.5. The maximum Gasteiger partial charge on any atom is 0.0868 e. The van der Waals surface area contributed by atoms with Crippen LogP contribution in [0.3, 0.4) is 0 Å². The molecule has 108 valence electrons. The Hall–Kier alpha value is -1.13. The molecule has 0 amide bonds. The SMILES string of the molecule is CCc1nn(CC)c(CNc2cccc(SC)c2)c1Cl. The summed E-state index contributed by atoms with van der Waals surface area (Å²) >= 11 is 8.15. The molecule has 0 radical (unpaired) electrons. The van der Waals surface area contributed by atoms with Crippen molar-refractivity contribution in [2.75, 3.05) is 11.6 Å². The van der Waals surface area contributed by atoms with Gasteiger partial charge in [-0.3, -0.25) is 4.68 Å². The summed E-state index contributed by atoms with van der Waals surface area (Å²) in [4.78, 5) is 1.25. The third-order valence-electron chi connectivity index (χ3n) is 3.22. The average Bonchev–Trinajstić information content (AvgIpc) is 2.81. The first-order valence-corrected chi connectivity index (χ1v) is 8.41. The van der Waals surface area contributed by atoms with Gasteiger partial charge in [-0.1, -0.05) is 24.6 Å². The maximum absolute atomic E-state index is 6.41. The van der Waals surface area contributed by atoms with Crippen LogP contribution in [0.15, 0.2) is 29.2 Å². The summed E-state index contributed by atoms with van der Waals surface area (Å²) in [6, 6.07) is 8.38. The van der Waals surface area contributed by atoms with E-state index in [4.69, 9.17) is 11.6 Å². The first-order valence-electron chi connectivity index (χ1n) is 6.81. The number of rotatable bonds is 6. The molecule has 0 fully saturated rings. The summed E-state index contributed by atoms with van der Waals surface area (Å²) in [5, 5.41) is 8.76. The Morgan fingerprint density at radius 2 is 2.15 bits per heavy atom. The number of anilines is 1. The Morgan fingerprint density at radius 1 is 1.35 bits per heavy atom. The Morgan fingerprint density at radius 3 is 2.80 bits per heavy atom. The van der Waals surface area contributed by atoms with Crippen molar-refractivity contribution in [1.82, 2.24) is 9.78 Å². The molecule has 0 bridgehead atoms. The molecule has 20 heavy (non-hydrogen) atoms. The van der Waals surface area contributed by atoms with Gasteiger partial charge in [-0.05, 0) is 37.8 Å². The van der Waals surface area contributed by atoms with E-state index in [1.54, 1.807) is 11.8 Å². The van der Waals surface area contributed by atoms with E-state index < -0.39 is 0 Å². The van der Waals surface area contributed by atoms with Crippen molar-refractivity contribution < 1.29 is 0 Å². The molecule has 0 saturated carbocycles. The molecular weight excluding hydrogens is 290 g/mol. The molecule has 5 heteroatoms. The molecule has 2 aromatic rings. The Kier molecular flexibility index (Phi) is 5.38. The van der Waals surface area contributed by atoms with Gasteiger partial charge in [-0.2, -0.15) is 5.10 Å². The molecule has 0 saturated heterocycles. The van der Waals surface area contributed by atoms with Crippen LogP contribution >= 0.6 is 23.4 Å². The van der Waals surface area contributed by atoms with Crippen LogP contribution in [0, 0.1) is 0 Å². The van der Waals surface area contributed by atoms with Crippen molar-refractivity contribution in [3.8, 4) is 0 Å². The number of nitrogens with zero attached hydrogens (tertiary/aromatic N) is 2. The standard InChI is InChI=1S/C15H20ClN3S/c1-4-13-15(16)14(19(5-2)18-13)10-17-11-7-6-8-12(9-11)20-3/h6-9,17H,4-5,10H2,1-3H3. The van der Waals surface area contributed by atoms with Crippen molar-refractivity contribution in [3.05, 3.63) is 40.7 Å². The summed E-state index contributed by atoms with van der Waals surface area (Å²) in [6.45, 7) is 5.69. The fourth-order valence-corrected chi connectivity index (χ4v) is 2.90. The van der Waals surface area contributed by atoms with Crippen molar-refractivity contribution in [3.63, 3.8) is 0 Å². The molecule has 0 spiro atoms. The largest absolute Gasteiger partial charge is 0.379 e. The number of benzene rings is 1. The molecule has 3 nitrogen and oxygen atoms in total. The predicted molar refractivity (Wildman–Crippen MR) is 87.8 cm³/mol. The van der Waals surface area contributed by atoms with Gasteiger partial charge in [0.1, 0.15) is 0 Å². The quantitative estimate of drug-likeness (QED) is 0.799. The van der Waals surface area contributed by atoms with Crippen molar-refractivity contribution in [2.45, 2.75) is 38.3 Å². The van der Waals surface area contributed by atoms with Gasteiger partial charge in [0.15, 0.2) is 0 Å². The third kappa shape index (κ3) is 3.30. The lowest BCUT2D eigenvalue weighted by molar-refractivity contribution is 0.619. The summed E-state index contributed by atoms with van der Waals surface area (Å²) in [5.74, 6) is 0. The van der Waals surface area contributed by atoms with Crippen molar-refractivity contribution >= 4 is 29.1 Å². The van der Waals surface area contributed by atoms with E-state index in [9.17, 15) is 0 Å². The van der Waals surface area contributed by atoms with E-state index >= 15 is 0 Å². The lowest BCUT2D eigenvalue weighted by atomic mass is 10.2. The minimum absolute atomic E-state index is 0.692. The first kappa shape index (κ1) is 15.3. The first-order chi connectivity index (χ1) is 9.69. The van der Waals surface area contributed by atoms with E-state index in [0.29, 0.717) is 6.54 Å². The number of nitrogens with one attached hydrogen (secondary N) is 1. The van der Waals surface area contributed by atoms with Crippen LogP contribution in [-0.2, 0) is 19.5 Å². The minimum Gasteiger partial charge on any atom is -0.379 e. The molecule has 0 unspecified atom stereocenters. The second-order valence-electron chi connectivity index (χ2n) is 4.46. The lowest BCUT2D eigenvalue weighted by Gasteiger charge is -2.09.